The lowest BCUT2D eigenvalue weighted by molar-refractivity contribution is 0.230. The summed E-state index contributed by atoms with van der Waals surface area (Å²) in [6.07, 6.45) is 1.22. The molecule has 1 aromatic carbocycles. The molecule has 0 saturated carbocycles. The molecular formula is C15H24N2O. The second-order valence-corrected chi connectivity index (χ2v) is 5.37. The second-order valence-electron chi connectivity index (χ2n) is 5.37. The molecule has 2 atom stereocenters. The minimum Gasteiger partial charge on any atom is -0.492 e. The number of benzene rings is 1. The Bertz CT molecular complexity index is 379. The molecule has 0 aromatic heterocycles. The Morgan fingerprint density at radius 3 is 3.00 bits per heavy atom. The Morgan fingerprint density at radius 1 is 1.50 bits per heavy atom. The van der Waals surface area contributed by atoms with Crippen LogP contribution < -0.4 is 10.5 Å². The molecule has 2 unspecified atom stereocenters. The Labute approximate surface area is 110 Å². The average Bonchev–Trinajstić information content (AvgIpc) is 2.78. The van der Waals surface area contributed by atoms with Gasteiger partial charge in [-0.05, 0) is 50.4 Å². The first kappa shape index (κ1) is 13.4. The smallest absolute Gasteiger partial charge is 0.119 e. The van der Waals surface area contributed by atoms with E-state index in [1.807, 2.05) is 12.1 Å². The van der Waals surface area contributed by atoms with Crippen LogP contribution in [-0.2, 0) is 0 Å². The van der Waals surface area contributed by atoms with Gasteiger partial charge >= 0.3 is 0 Å². The zero-order chi connectivity index (χ0) is 13.0. The fourth-order valence-electron chi connectivity index (χ4n) is 2.49. The van der Waals surface area contributed by atoms with Crippen LogP contribution in [0.1, 0.15) is 18.9 Å². The van der Waals surface area contributed by atoms with Crippen LogP contribution in [0.4, 0.5) is 0 Å². The van der Waals surface area contributed by atoms with Crippen LogP contribution in [0.3, 0.4) is 0 Å². The highest BCUT2D eigenvalue weighted by atomic mass is 16.5. The SMILES string of the molecule is Cc1cccc(OCCN2CCC(C(C)N)C2)c1. The quantitative estimate of drug-likeness (QED) is 0.866. The number of ether oxygens (including phenoxy) is 1. The van der Waals surface area contributed by atoms with E-state index in [9.17, 15) is 0 Å². The maximum Gasteiger partial charge on any atom is 0.119 e. The molecule has 0 spiro atoms. The molecule has 3 heteroatoms. The molecule has 1 heterocycles. The van der Waals surface area contributed by atoms with Gasteiger partial charge in [0, 0.05) is 19.1 Å². The van der Waals surface area contributed by atoms with Gasteiger partial charge in [-0.15, -0.1) is 0 Å². The van der Waals surface area contributed by atoms with Gasteiger partial charge in [0.1, 0.15) is 12.4 Å². The van der Waals surface area contributed by atoms with E-state index < -0.39 is 0 Å². The van der Waals surface area contributed by atoms with E-state index in [1.165, 1.54) is 12.0 Å². The van der Waals surface area contributed by atoms with E-state index in [-0.39, 0.29) is 0 Å². The third kappa shape index (κ3) is 3.72. The number of nitrogens with zero attached hydrogens (tertiary/aromatic N) is 1. The highest BCUT2D eigenvalue weighted by molar-refractivity contribution is 5.27. The third-order valence-electron chi connectivity index (χ3n) is 3.72. The first-order chi connectivity index (χ1) is 8.65. The monoisotopic (exact) mass is 248 g/mol. The molecule has 0 radical (unpaired) electrons. The Kier molecular flexibility index (Phi) is 4.61. The van der Waals surface area contributed by atoms with Crippen molar-refractivity contribution >= 4 is 0 Å². The highest BCUT2D eigenvalue weighted by Crippen LogP contribution is 2.18. The minimum atomic E-state index is 0.313. The number of hydrogen-bond acceptors (Lipinski definition) is 3. The lowest BCUT2D eigenvalue weighted by Gasteiger charge is -2.18. The van der Waals surface area contributed by atoms with Gasteiger partial charge in [0.2, 0.25) is 0 Å². The van der Waals surface area contributed by atoms with Crippen LogP contribution in [0.15, 0.2) is 24.3 Å². The van der Waals surface area contributed by atoms with E-state index in [2.05, 4.69) is 30.9 Å². The first-order valence-electron chi connectivity index (χ1n) is 6.82. The lowest BCUT2D eigenvalue weighted by atomic mass is 10.0. The van der Waals surface area contributed by atoms with Crippen molar-refractivity contribution in [3.8, 4) is 5.75 Å². The van der Waals surface area contributed by atoms with Gasteiger partial charge in [0.15, 0.2) is 0 Å². The molecule has 1 aliphatic heterocycles. The Balaban J connectivity index is 1.70. The summed E-state index contributed by atoms with van der Waals surface area (Å²) in [6, 6.07) is 8.52. The van der Waals surface area contributed by atoms with Crippen molar-refractivity contribution in [3.63, 3.8) is 0 Å². The lowest BCUT2D eigenvalue weighted by Crippen LogP contribution is -2.31. The maximum absolute atomic E-state index is 5.94. The first-order valence-corrected chi connectivity index (χ1v) is 6.82. The number of rotatable bonds is 5. The van der Waals surface area contributed by atoms with E-state index in [4.69, 9.17) is 10.5 Å². The van der Waals surface area contributed by atoms with Gasteiger partial charge in [-0.25, -0.2) is 0 Å². The normalized spacial score (nSPS) is 22.1. The van der Waals surface area contributed by atoms with Crippen molar-refractivity contribution in [3.05, 3.63) is 29.8 Å². The molecule has 0 amide bonds. The molecule has 1 saturated heterocycles. The number of aryl methyl sites for hydroxylation is 1. The minimum absolute atomic E-state index is 0.313. The summed E-state index contributed by atoms with van der Waals surface area (Å²) in [5.74, 6) is 1.63. The van der Waals surface area contributed by atoms with E-state index in [0.717, 1.165) is 32.0 Å². The summed E-state index contributed by atoms with van der Waals surface area (Å²) in [6.45, 7) is 8.22. The molecule has 18 heavy (non-hydrogen) atoms. The summed E-state index contributed by atoms with van der Waals surface area (Å²) in [4.78, 5) is 2.45. The average molecular weight is 248 g/mol. The zero-order valence-electron chi connectivity index (χ0n) is 11.4. The van der Waals surface area contributed by atoms with Crippen LogP contribution in [-0.4, -0.2) is 37.2 Å². The molecule has 2 N–H and O–H groups in total. The molecule has 0 bridgehead atoms. The largest absolute Gasteiger partial charge is 0.492 e. The predicted octanol–water partition coefficient (Wildman–Crippen LogP) is 2.04. The molecule has 1 aromatic rings. The van der Waals surface area contributed by atoms with Gasteiger partial charge in [-0.3, -0.25) is 4.90 Å². The van der Waals surface area contributed by atoms with Gasteiger partial charge < -0.3 is 10.5 Å². The molecule has 1 fully saturated rings. The van der Waals surface area contributed by atoms with Crippen molar-refractivity contribution in [2.45, 2.75) is 26.3 Å². The number of likely N-dealkylation sites (tertiary alicyclic amines) is 1. The molecular weight excluding hydrogens is 224 g/mol. The zero-order valence-corrected chi connectivity index (χ0v) is 11.4. The van der Waals surface area contributed by atoms with Crippen LogP contribution >= 0.6 is 0 Å². The van der Waals surface area contributed by atoms with E-state index in [0.29, 0.717) is 12.0 Å². The summed E-state index contributed by atoms with van der Waals surface area (Å²) in [5.41, 5.74) is 7.18. The van der Waals surface area contributed by atoms with E-state index >= 15 is 0 Å². The van der Waals surface area contributed by atoms with Crippen LogP contribution in [0, 0.1) is 12.8 Å². The van der Waals surface area contributed by atoms with Gasteiger partial charge in [0.05, 0.1) is 0 Å². The van der Waals surface area contributed by atoms with Crippen LogP contribution in [0.5, 0.6) is 5.75 Å². The van der Waals surface area contributed by atoms with Crippen LogP contribution in [0.25, 0.3) is 0 Å². The summed E-state index contributed by atoms with van der Waals surface area (Å²) in [7, 11) is 0. The van der Waals surface area contributed by atoms with Gasteiger partial charge in [0.25, 0.3) is 0 Å². The topological polar surface area (TPSA) is 38.5 Å². The van der Waals surface area contributed by atoms with Crippen LogP contribution in [0.2, 0.25) is 0 Å². The molecule has 2 rings (SSSR count). The Hall–Kier alpha value is -1.06. The van der Waals surface area contributed by atoms with Crippen molar-refractivity contribution in [1.82, 2.24) is 4.90 Å². The predicted molar refractivity (Wildman–Crippen MR) is 74.9 cm³/mol. The molecule has 0 aliphatic carbocycles. The molecule has 3 nitrogen and oxygen atoms in total. The second kappa shape index (κ2) is 6.21. The number of nitrogens with two attached hydrogens (primary N) is 1. The van der Waals surface area contributed by atoms with Crippen molar-refractivity contribution in [1.29, 1.82) is 0 Å². The fourth-order valence-corrected chi connectivity index (χ4v) is 2.49. The van der Waals surface area contributed by atoms with Crippen molar-refractivity contribution in [2.24, 2.45) is 11.7 Å². The Morgan fingerprint density at radius 2 is 2.33 bits per heavy atom. The number of hydrogen-bond donors (Lipinski definition) is 1. The van der Waals surface area contributed by atoms with Crippen molar-refractivity contribution < 1.29 is 4.74 Å². The standard InChI is InChI=1S/C15H24N2O/c1-12-4-3-5-15(10-12)18-9-8-17-7-6-14(11-17)13(2)16/h3-5,10,13-14H,6-9,11,16H2,1-2H3. The molecule has 1 aliphatic rings. The fraction of sp³-hybridized carbons (Fsp3) is 0.600. The summed E-state index contributed by atoms with van der Waals surface area (Å²) < 4.78 is 5.77. The van der Waals surface area contributed by atoms with Gasteiger partial charge in [-0.2, -0.15) is 0 Å². The van der Waals surface area contributed by atoms with E-state index in [1.54, 1.807) is 0 Å². The molecule has 100 valence electrons. The summed E-state index contributed by atoms with van der Waals surface area (Å²) in [5, 5.41) is 0. The highest BCUT2D eigenvalue weighted by Gasteiger charge is 2.24. The summed E-state index contributed by atoms with van der Waals surface area (Å²) >= 11 is 0. The maximum atomic E-state index is 5.94. The third-order valence-corrected chi connectivity index (χ3v) is 3.72. The van der Waals surface area contributed by atoms with Gasteiger partial charge in [-0.1, -0.05) is 12.1 Å². The van der Waals surface area contributed by atoms with Crippen molar-refractivity contribution in [2.75, 3.05) is 26.2 Å².